The molecule has 0 N–H and O–H groups in total. The zero-order chi connectivity index (χ0) is 21.0. The molecule has 29 heavy (non-hydrogen) atoms. The molecule has 0 unspecified atom stereocenters. The molecule has 0 aliphatic carbocycles. The predicted octanol–water partition coefficient (Wildman–Crippen LogP) is 4.65. The van der Waals surface area contributed by atoms with Gasteiger partial charge in [-0.15, -0.1) is 6.58 Å². The van der Waals surface area contributed by atoms with Gasteiger partial charge in [0, 0.05) is 0 Å². The molecule has 0 radical (unpaired) electrons. The monoisotopic (exact) mass is 390 g/mol. The number of carbonyl (C=O) groups is 2. The van der Waals surface area contributed by atoms with Gasteiger partial charge in [-0.05, 0) is 44.5 Å². The second-order valence-corrected chi connectivity index (χ2v) is 6.78. The topological polar surface area (TPSA) is 79.6 Å². The minimum absolute atomic E-state index is 0.0170. The number of nitriles is 1. The molecule has 0 bridgehead atoms. The van der Waals surface area contributed by atoms with E-state index in [9.17, 15) is 14.9 Å². The number of nitrogens with zero attached hydrogens (tertiary/aromatic N) is 2. The van der Waals surface area contributed by atoms with Gasteiger partial charge in [0.2, 0.25) is 6.23 Å². The van der Waals surface area contributed by atoms with Crippen LogP contribution in [0.25, 0.3) is 0 Å². The largest absolute Gasteiger partial charge is 0.467 e. The van der Waals surface area contributed by atoms with Crippen molar-refractivity contribution in [3.63, 3.8) is 0 Å². The summed E-state index contributed by atoms with van der Waals surface area (Å²) in [4.78, 5) is 27.6. The minimum atomic E-state index is -1.66. The number of fused-ring (bicyclic) bond motifs is 1. The number of para-hydroxylation sites is 1. The van der Waals surface area contributed by atoms with E-state index in [0.717, 1.165) is 5.56 Å². The molecule has 2 aromatic carbocycles. The van der Waals surface area contributed by atoms with Gasteiger partial charge in [0.1, 0.15) is 5.75 Å². The van der Waals surface area contributed by atoms with Crippen LogP contribution in [0.5, 0.6) is 5.75 Å². The van der Waals surface area contributed by atoms with Crippen molar-refractivity contribution < 1.29 is 19.1 Å². The Balaban J connectivity index is 2.23. The Hall–Kier alpha value is -3.59. The molecule has 1 heterocycles. The lowest BCUT2D eigenvalue weighted by molar-refractivity contribution is 0.0439. The summed E-state index contributed by atoms with van der Waals surface area (Å²) in [6.45, 7) is 7.39. The van der Waals surface area contributed by atoms with E-state index in [4.69, 9.17) is 9.47 Å². The maximum atomic E-state index is 13.5. The highest BCUT2D eigenvalue weighted by molar-refractivity contribution is 6.07. The molecular formula is C23H22N2O4. The second-order valence-electron chi connectivity index (χ2n) is 6.78. The molecular weight excluding hydrogens is 368 g/mol. The van der Waals surface area contributed by atoms with Gasteiger partial charge in [-0.1, -0.05) is 35.9 Å². The third-order valence-corrected chi connectivity index (χ3v) is 4.84. The lowest BCUT2D eigenvalue weighted by atomic mass is 9.74. The van der Waals surface area contributed by atoms with E-state index < -0.39 is 23.5 Å². The van der Waals surface area contributed by atoms with Crippen LogP contribution in [0.2, 0.25) is 0 Å². The van der Waals surface area contributed by atoms with Gasteiger partial charge >= 0.3 is 6.09 Å². The first kappa shape index (κ1) is 20.2. The average molecular weight is 390 g/mol. The quantitative estimate of drug-likeness (QED) is 0.695. The van der Waals surface area contributed by atoms with Crippen LogP contribution in [0.3, 0.4) is 0 Å². The van der Waals surface area contributed by atoms with E-state index in [1.165, 1.54) is 11.0 Å². The summed E-state index contributed by atoms with van der Waals surface area (Å²) >= 11 is 0. The number of allylic oxidation sites excluding steroid dienone is 1. The fraction of sp³-hybridized carbons (Fsp3) is 0.261. The number of benzene rings is 2. The van der Waals surface area contributed by atoms with E-state index in [2.05, 4.69) is 12.6 Å². The number of hydrogen-bond acceptors (Lipinski definition) is 5. The minimum Gasteiger partial charge on any atom is -0.467 e. The van der Waals surface area contributed by atoms with Crippen LogP contribution in [-0.2, 0) is 4.74 Å². The summed E-state index contributed by atoms with van der Waals surface area (Å²) in [7, 11) is 0. The molecule has 1 aliphatic heterocycles. The van der Waals surface area contributed by atoms with Crippen molar-refractivity contribution in [3.8, 4) is 11.8 Å². The Morgan fingerprint density at radius 1 is 1.34 bits per heavy atom. The summed E-state index contributed by atoms with van der Waals surface area (Å²) in [5.41, 5.74) is -0.00932. The number of carbonyl (C=O) groups excluding carboxylic acids is 2. The van der Waals surface area contributed by atoms with Crippen LogP contribution in [0, 0.1) is 23.7 Å². The summed E-state index contributed by atoms with van der Waals surface area (Å²) in [6, 6.07) is 16.0. The van der Waals surface area contributed by atoms with Gasteiger partial charge in [-0.3, -0.25) is 4.79 Å². The molecule has 0 saturated heterocycles. The Kier molecular flexibility index (Phi) is 5.69. The Bertz CT molecular complexity index is 980. The van der Waals surface area contributed by atoms with Crippen molar-refractivity contribution in [1.82, 2.24) is 0 Å². The van der Waals surface area contributed by atoms with E-state index >= 15 is 0 Å². The highest BCUT2D eigenvalue weighted by atomic mass is 16.6. The molecule has 1 amide bonds. The normalized spacial score (nSPS) is 20.0. The van der Waals surface area contributed by atoms with Gasteiger partial charge < -0.3 is 9.47 Å². The number of ether oxygens (including phenoxy) is 2. The first-order valence-electron chi connectivity index (χ1n) is 9.33. The van der Waals surface area contributed by atoms with Gasteiger partial charge in [-0.25, -0.2) is 9.69 Å². The van der Waals surface area contributed by atoms with E-state index in [-0.39, 0.29) is 13.0 Å². The molecule has 0 saturated carbocycles. The van der Waals surface area contributed by atoms with Crippen LogP contribution in [0.15, 0.2) is 61.2 Å². The first-order chi connectivity index (χ1) is 14.0. The van der Waals surface area contributed by atoms with Crippen molar-refractivity contribution in [2.75, 3.05) is 11.5 Å². The Labute approximate surface area is 170 Å². The van der Waals surface area contributed by atoms with E-state index in [0.29, 0.717) is 17.0 Å². The summed E-state index contributed by atoms with van der Waals surface area (Å²) in [5, 5.41) is 10.1. The summed E-state index contributed by atoms with van der Waals surface area (Å²) in [6.07, 6.45) is -0.402. The Morgan fingerprint density at radius 3 is 2.69 bits per heavy atom. The average Bonchev–Trinajstić information content (AvgIpc) is 2.72. The lowest BCUT2D eigenvalue weighted by Gasteiger charge is -2.43. The van der Waals surface area contributed by atoms with Crippen molar-refractivity contribution >= 4 is 17.6 Å². The Morgan fingerprint density at radius 2 is 2.07 bits per heavy atom. The highest BCUT2D eigenvalue weighted by Gasteiger charge is 2.55. The first-order valence-corrected chi connectivity index (χ1v) is 9.33. The van der Waals surface area contributed by atoms with Crippen molar-refractivity contribution in [1.29, 1.82) is 5.26 Å². The fourth-order valence-corrected chi connectivity index (χ4v) is 3.46. The van der Waals surface area contributed by atoms with Gasteiger partial charge in [0.25, 0.3) is 0 Å². The number of amides is 1. The van der Waals surface area contributed by atoms with Crippen LogP contribution in [-0.4, -0.2) is 24.7 Å². The van der Waals surface area contributed by atoms with Gasteiger partial charge in [0.15, 0.2) is 11.2 Å². The van der Waals surface area contributed by atoms with E-state index in [1.807, 2.05) is 13.0 Å². The fourth-order valence-electron chi connectivity index (χ4n) is 3.46. The lowest BCUT2D eigenvalue weighted by Crippen LogP contribution is -2.59. The van der Waals surface area contributed by atoms with E-state index in [1.54, 1.807) is 49.4 Å². The van der Waals surface area contributed by atoms with Gasteiger partial charge in [-0.2, -0.15) is 5.26 Å². The molecule has 0 aromatic heterocycles. The summed E-state index contributed by atoms with van der Waals surface area (Å²) < 4.78 is 11.4. The second kappa shape index (κ2) is 8.19. The smallest absolute Gasteiger partial charge is 0.417 e. The maximum Gasteiger partial charge on any atom is 0.417 e. The predicted molar refractivity (Wildman–Crippen MR) is 109 cm³/mol. The highest BCUT2D eigenvalue weighted by Crippen LogP contribution is 2.44. The van der Waals surface area contributed by atoms with Crippen LogP contribution < -0.4 is 9.64 Å². The van der Waals surface area contributed by atoms with Crippen LogP contribution in [0.4, 0.5) is 10.5 Å². The standard InChI is InChI=1S/C23H22N2O4/c1-4-13-23(15-24)20(26)18-14-16(3)11-12-19(18)29-21(23)25(22(27)28-5-2)17-9-7-6-8-10-17/h4,6-12,14,21H,1,5,13H2,2-3H3/t21-,23+/m1/s1. The number of rotatable bonds is 5. The number of Topliss-reactive ketones (excluding diaryl/α,β-unsaturated/α-hetero) is 1. The van der Waals surface area contributed by atoms with Crippen LogP contribution in [0.1, 0.15) is 29.3 Å². The maximum absolute atomic E-state index is 13.5. The summed E-state index contributed by atoms with van der Waals surface area (Å²) in [5.74, 6) is -0.0779. The molecule has 2 aromatic rings. The van der Waals surface area contributed by atoms with Crippen molar-refractivity contribution in [2.45, 2.75) is 26.5 Å². The van der Waals surface area contributed by atoms with Crippen molar-refractivity contribution in [3.05, 3.63) is 72.3 Å². The molecule has 148 valence electrons. The molecule has 6 heteroatoms. The number of hydrogen-bond donors (Lipinski definition) is 0. The third-order valence-electron chi connectivity index (χ3n) is 4.84. The molecule has 6 nitrogen and oxygen atoms in total. The zero-order valence-electron chi connectivity index (χ0n) is 16.4. The SMILES string of the molecule is C=CC[C@]1(C#N)C(=O)c2cc(C)ccc2O[C@H]1N(C(=O)OCC)c1ccccc1. The third kappa shape index (κ3) is 3.47. The molecule has 1 aliphatic rings. The number of ketones is 1. The molecule has 2 atom stereocenters. The number of anilines is 1. The molecule has 3 rings (SSSR count). The van der Waals surface area contributed by atoms with Crippen LogP contribution >= 0.6 is 0 Å². The van der Waals surface area contributed by atoms with Gasteiger partial charge in [0.05, 0.1) is 23.9 Å². The number of aryl methyl sites for hydroxylation is 1. The zero-order valence-corrected chi connectivity index (χ0v) is 16.4. The molecule has 0 fully saturated rings. The molecule has 0 spiro atoms. The van der Waals surface area contributed by atoms with Crippen molar-refractivity contribution in [2.24, 2.45) is 5.41 Å².